The average molecular weight is 348 g/mol. The average Bonchev–Trinajstić information content (AvgIpc) is 3.06. The summed E-state index contributed by atoms with van der Waals surface area (Å²) in [6.07, 6.45) is 3.95. The van der Waals surface area contributed by atoms with Crippen LogP contribution < -0.4 is 10.1 Å². The van der Waals surface area contributed by atoms with Gasteiger partial charge in [-0.05, 0) is 43.7 Å². The van der Waals surface area contributed by atoms with E-state index in [1.807, 2.05) is 35.9 Å². The zero-order valence-electron chi connectivity index (χ0n) is 14.8. The molecular formula is C20H20N4O2. The summed E-state index contributed by atoms with van der Waals surface area (Å²) in [7, 11) is 0. The van der Waals surface area contributed by atoms with Crippen molar-refractivity contribution in [1.29, 1.82) is 5.26 Å². The van der Waals surface area contributed by atoms with E-state index in [4.69, 9.17) is 10.00 Å². The Balaban J connectivity index is 1.64. The van der Waals surface area contributed by atoms with Crippen LogP contribution in [-0.4, -0.2) is 21.8 Å². The SMILES string of the molecule is Cc1ccc2nc(COc3cccc(C(=O)NCC(C)C#N)c3)cn2c1. The molecule has 6 nitrogen and oxygen atoms in total. The molecule has 26 heavy (non-hydrogen) atoms. The molecule has 0 saturated heterocycles. The number of pyridine rings is 1. The molecule has 2 aromatic heterocycles. The van der Waals surface area contributed by atoms with Gasteiger partial charge < -0.3 is 14.5 Å². The largest absolute Gasteiger partial charge is 0.487 e. The van der Waals surface area contributed by atoms with Crippen LogP contribution in [0.5, 0.6) is 5.75 Å². The summed E-state index contributed by atoms with van der Waals surface area (Å²) in [5, 5.41) is 11.5. The predicted molar refractivity (Wildman–Crippen MR) is 97.8 cm³/mol. The van der Waals surface area contributed by atoms with Gasteiger partial charge in [-0.25, -0.2) is 4.98 Å². The van der Waals surface area contributed by atoms with E-state index in [0.717, 1.165) is 16.9 Å². The standard InChI is InChI=1S/C20H20N4O2/c1-14-6-7-19-23-17(12-24(19)11-14)13-26-18-5-3-4-16(8-18)20(25)22-10-15(2)9-21/h3-8,11-12,15H,10,13H2,1-2H3,(H,22,25). The van der Waals surface area contributed by atoms with Gasteiger partial charge in [-0.3, -0.25) is 4.79 Å². The summed E-state index contributed by atoms with van der Waals surface area (Å²) < 4.78 is 7.75. The summed E-state index contributed by atoms with van der Waals surface area (Å²) in [4.78, 5) is 16.7. The monoisotopic (exact) mass is 348 g/mol. The third-order valence-corrected chi connectivity index (χ3v) is 3.92. The van der Waals surface area contributed by atoms with Crippen molar-refractivity contribution in [3.05, 3.63) is 65.6 Å². The maximum absolute atomic E-state index is 12.1. The molecule has 1 unspecified atom stereocenters. The van der Waals surface area contributed by atoms with E-state index in [9.17, 15) is 4.79 Å². The number of fused-ring (bicyclic) bond motifs is 1. The van der Waals surface area contributed by atoms with Gasteiger partial charge in [-0.2, -0.15) is 5.26 Å². The molecule has 1 N–H and O–H groups in total. The molecule has 3 aromatic rings. The summed E-state index contributed by atoms with van der Waals surface area (Å²) in [6.45, 7) is 4.43. The number of benzene rings is 1. The highest BCUT2D eigenvalue weighted by molar-refractivity contribution is 5.94. The van der Waals surface area contributed by atoms with Crippen molar-refractivity contribution >= 4 is 11.6 Å². The molecule has 0 aliphatic heterocycles. The van der Waals surface area contributed by atoms with Crippen LogP contribution in [0.4, 0.5) is 0 Å². The third-order valence-electron chi connectivity index (χ3n) is 3.92. The number of ether oxygens (including phenoxy) is 1. The Morgan fingerprint density at radius 1 is 1.35 bits per heavy atom. The Labute approximate surface area is 152 Å². The summed E-state index contributed by atoms with van der Waals surface area (Å²) in [6, 6.07) is 13.0. The van der Waals surface area contributed by atoms with Gasteiger partial charge in [-0.15, -0.1) is 0 Å². The Hall–Kier alpha value is -3.33. The van der Waals surface area contributed by atoms with Crippen molar-refractivity contribution in [1.82, 2.24) is 14.7 Å². The minimum absolute atomic E-state index is 0.222. The molecule has 0 aliphatic carbocycles. The fraction of sp³-hybridized carbons (Fsp3) is 0.250. The number of carbonyl (C=O) groups is 1. The molecule has 132 valence electrons. The number of nitrogens with zero attached hydrogens (tertiary/aromatic N) is 3. The van der Waals surface area contributed by atoms with Crippen molar-refractivity contribution in [3.8, 4) is 11.8 Å². The molecule has 0 aliphatic rings. The van der Waals surface area contributed by atoms with Crippen LogP contribution in [0, 0.1) is 24.2 Å². The van der Waals surface area contributed by atoms with Crippen molar-refractivity contribution in [3.63, 3.8) is 0 Å². The number of imidazole rings is 1. The van der Waals surface area contributed by atoms with Crippen LogP contribution in [-0.2, 0) is 6.61 Å². The van der Waals surface area contributed by atoms with Crippen molar-refractivity contribution < 1.29 is 9.53 Å². The van der Waals surface area contributed by atoms with Crippen molar-refractivity contribution in [2.45, 2.75) is 20.5 Å². The van der Waals surface area contributed by atoms with Gasteiger partial charge in [0.2, 0.25) is 0 Å². The van der Waals surface area contributed by atoms with Gasteiger partial charge in [0.15, 0.2) is 0 Å². The normalized spacial score (nSPS) is 11.7. The molecule has 2 heterocycles. The molecule has 0 radical (unpaired) electrons. The van der Waals surface area contributed by atoms with Gasteiger partial charge in [0.1, 0.15) is 18.0 Å². The highest BCUT2D eigenvalue weighted by Crippen LogP contribution is 2.16. The van der Waals surface area contributed by atoms with Crippen LogP contribution in [0.1, 0.15) is 28.5 Å². The molecular weight excluding hydrogens is 328 g/mol. The summed E-state index contributed by atoms with van der Waals surface area (Å²) in [5.41, 5.74) is 3.34. The van der Waals surface area contributed by atoms with Crippen LogP contribution in [0.15, 0.2) is 48.8 Å². The second-order valence-electron chi connectivity index (χ2n) is 6.26. The zero-order chi connectivity index (χ0) is 18.5. The number of aromatic nitrogens is 2. The number of hydrogen-bond donors (Lipinski definition) is 1. The third kappa shape index (κ3) is 4.19. The fourth-order valence-electron chi connectivity index (χ4n) is 2.50. The molecule has 0 saturated carbocycles. The second-order valence-corrected chi connectivity index (χ2v) is 6.26. The number of nitrogens with one attached hydrogen (secondary N) is 1. The molecule has 0 fully saturated rings. The van der Waals surface area contributed by atoms with E-state index in [1.54, 1.807) is 31.2 Å². The van der Waals surface area contributed by atoms with Gasteiger partial charge in [0, 0.05) is 24.5 Å². The first-order chi connectivity index (χ1) is 12.5. The molecule has 0 bridgehead atoms. The first-order valence-electron chi connectivity index (χ1n) is 8.40. The van der Waals surface area contributed by atoms with E-state index in [2.05, 4.69) is 16.4 Å². The predicted octanol–water partition coefficient (Wildman–Crippen LogP) is 3.11. The smallest absolute Gasteiger partial charge is 0.251 e. The van der Waals surface area contributed by atoms with E-state index < -0.39 is 0 Å². The molecule has 3 rings (SSSR count). The number of aryl methyl sites for hydroxylation is 1. The van der Waals surface area contributed by atoms with Crippen molar-refractivity contribution in [2.75, 3.05) is 6.54 Å². The Kier molecular flexibility index (Phi) is 5.18. The highest BCUT2D eigenvalue weighted by Gasteiger charge is 2.09. The lowest BCUT2D eigenvalue weighted by Gasteiger charge is -2.08. The molecule has 0 spiro atoms. The summed E-state index contributed by atoms with van der Waals surface area (Å²) in [5.74, 6) is 0.150. The first-order valence-corrected chi connectivity index (χ1v) is 8.40. The van der Waals surface area contributed by atoms with E-state index in [1.165, 1.54) is 0 Å². The quantitative estimate of drug-likeness (QED) is 0.742. The van der Waals surface area contributed by atoms with Crippen LogP contribution in [0.3, 0.4) is 0 Å². The minimum atomic E-state index is -0.225. The molecule has 1 aromatic carbocycles. The number of nitriles is 1. The molecule has 1 atom stereocenters. The van der Waals surface area contributed by atoms with Gasteiger partial charge in [0.25, 0.3) is 5.91 Å². The second kappa shape index (κ2) is 7.70. The Morgan fingerprint density at radius 2 is 2.19 bits per heavy atom. The Bertz CT molecular complexity index is 971. The highest BCUT2D eigenvalue weighted by atomic mass is 16.5. The van der Waals surface area contributed by atoms with Crippen LogP contribution in [0.25, 0.3) is 5.65 Å². The van der Waals surface area contributed by atoms with Gasteiger partial charge in [0.05, 0.1) is 17.7 Å². The van der Waals surface area contributed by atoms with E-state index in [-0.39, 0.29) is 11.8 Å². The Morgan fingerprint density at radius 3 is 3.00 bits per heavy atom. The van der Waals surface area contributed by atoms with Gasteiger partial charge in [-0.1, -0.05) is 12.1 Å². The first kappa shape index (κ1) is 17.5. The summed E-state index contributed by atoms with van der Waals surface area (Å²) >= 11 is 0. The maximum Gasteiger partial charge on any atom is 0.251 e. The topological polar surface area (TPSA) is 79.4 Å². The zero-order valence-corrected chi connectivity index (χ0v) is 14.8. The fourth-order valence-corrected chi connectivity index (χ4v) is 2.50. The molecule has 1 amide bonds. The number of rotatable bonds is 6. The van der Waals surface area contributed by atoms with Crippen LogP contribution >= 0.6 is 0 Å². The van der Waals surface area contributed by atoms with E-state index >= 15 is 0 Å². The molecule has 6 heteroatoms. The van der Waals surface area contributed by atoms with Gasteiger partial charge >= 0.3 is 0 Å². The lowest BCUT2D eigenvalue weighted by atomic mass is 10.1. The number of carbonyl (C=O) groups excluding carboxylic acids is 1. The maximum atomic E-state index is 12.1. The lowest BCUT2D eigenvalue weighted by Crippen LogP contribution is -2.27. The number of hydrogen-bond acceptors (Lipinski definition) is 4. The van der Waals surface area contributed by atoms with Crippen molar-refractivity contribution in [2.24, 2.45) is 5.92 Å². The van der Waals surface area contributed by atoms with Crippen LogP contribution in [0.2, 0.25) is 0 Å². The lowest BCUT2D eigenvalue weighted by molar-refractivity contribution is 0.0950. The van der Waals surface area contributed by atoms with E-state index in [0.29, 0.717) is 24.5 Å². The minimum Gasteiger partial charge on any atom is -0.487 e. The number of amides is 1.